The number of hydrogen-bond acceptors (Lipinski definition) is 3. The fraction of sp³-hybridized carbons (Fsp3) is 0.286. The van der Waals surface area contributed by atoms with Crippen molar-refractivity contribution < 1.29 is 0 Å². The van der Waals surface area contributed by atoms with Crippen molar-refractivity contribution >= 4 is 0 Å². The third kappa shape index (κ3) is 2.88. The Labute approximate surface area is 102 Å². The summed E-state index contributed by atoms with van der Waals surface area (Å²) in [5, 5.41) is 0. The second-order valence-electron chi connectivity index (χ2n) is 4.22. The van der Waals surface area contributed by atoms with Gasteiger partial charge in [-0.05, 0) is 26.5 Å². The molecule has 0 fully saturated rings. The molecule has 0 aliphatic rings. The summed E-state index contributed by atoms with van der Waals surface area (Å²) in [6, 6.07) is 10.4. The molecule has 0 amide bonds. The molecule has 1 aromatic heterocycles. The van der Waals surface area contributed by atoms with Crippen LogP contribution >= 0.6 is 0 Å². The Morgan fingerprint density at radius 1 is 1.06 bits per heavy atom. The number of aromatic nitrogens is 2. The quantitative estimate of drug-likeness (QED) is 0.875. The van der Waals surface area contributed by atoms with Gasteiger partial charge in [-0.3, -0.25) is 0 Å². The minimum absolute atomic E-state index is 0.580. The predicted octanol–water partition coefficient (Wildman–Crippen LogP) is 2.26. The average Bonchev–Trinajstić information content (AvgIpc) is 2.29. The van der Waals surface area contributed by atoms with Crippen LogP contribution in [0.1, 0.15) is 17.1 Å². The second kappa shape index (κ2) is 5.06. The zero-order chi connectivity index (χ0) is 12.3. The van der Waals surface area contributed by atoms with Gasteiger partial charge in [-0.25, -0.2) is 9.97 Å². The van der Waals surface area contributed by atoms with Crippen LogP contribution in [-0.4, -0.2) is 16.5 Å². The van der Waals surface area contributed by atoms with Crippen LogP contribution in [0.25, 0.3) is 11.3 Å². The number of nitrogens with zero attached hydrogens (tertiary/aromatic N) is 2. The summed E-state index contributed by atoms with van der Waals surface area (Å²) in [5.74, 6) is 0.822. The van der Waals surface area contributed by atoms with Gasteiger partial charge in [0.15, 0.2) is 0 Å². The van der Waals surface area contributed by atoms with Crippen LogP contribution in [0.3, 0.4) is 0 Å². The minimum Gasteiger partial charge on any atom is -0.330 e. The van der Waals surface area contributed by atoms with E-state index < -0.39 is 0 Å². The van der Waals surface area contributed by atoms with E-state index in [1.807, 2.05) is 13.0 Å². The molecule has 0 aliphatic carbocycles. The lowest BCUT2D eigenvalue weighted by Gasteiger charge is -2.05. The summed E-state index contributed by atoms with van der Waals surface area (Å²) in [4.78, 5) is 8.91. The Morgan fingerprint density at radius 2 is 1.76 bits per heavy atom. The summed E-state index contributed by atoms with van der Waals surface area (Å²) in [7, 11) is 0. The third-order valence-corrected chi connectivity index (χ3v) is 2.62. The molecule has 2 rings (SSSR count). The van der Waals surface area contributed by atoms with Crippen molar-refractivity contribution in [3.63, 3.8) is 0 Å². The van der Waals surface area contributed by atoms with Gasteiger partial charge in [0, 0.05) is 17.7 Å². The molecule has 88 valence electrons. The standard InChI is InChI=1S/C14H17N3/c1-10-3-5-12(6-4-10)13-9-11(2)16-14(17-13)7-8-15/h3-6,9H,7-8,15H2,1-2H3. The smallest absolute Gasteiger partial charge is 0.130 e. The second-order valence-corrected chi connectivity index (χ2v) is 4.22. The van der Waals surface area contributed by atoms with Crippen molar-refractivity contribution in [3.8, 4) is 11.3 Å². The first-order valence-electron chi connectivity index (χ1n) is 5.80. The molecule has 2 aromatic rings. The zero-order valence-electron chi connectivity index (χ0n) is 10.3. The maximum Gasteiger partial charge on any atom is 0.130 e. The highest BCUT2D eigenvalue weighted by Gasteiger charge is 2.04. The van der Waals surface area contributed by atoms with Crippen LogP contribution in [0, 0.1) is 13.8 Å². The predicted molar refractivity (Wildman–Crippen MR) is 69.7 cm³/mol. The Bertz CT molecular complexity index is 503. The highest BCUT2D eigenvalue weighted by atomic mass is 14.9. The Balaban J connectivity index is 2.40. The molecule has 1 heterocycles. The topological polar surface area (TPSA) is 51.8 Å². The summed E-state index contributed by atoms with van der Waals surface area (Å²) < 4.78 is 0. The van der Waals surface area contributed by atoms with Crippen molar-refractivity contribution in [1.82, 2.24) is 9.97 Å². The number of nitrogens with two attached hydrogens (primary N) is 1. The van der Waals surface area contributed by atoms with Gasteiger partial charge in [0.05, 0.1) is 5.69 Å². The van der Waals surface area contributed by atoms with E-state index in [0.29, 0.717) is 6.54 Å². The van der Waals surface area contributed by atoms with E-state index in [1.54, 1.807) is 0 Å². The van der Waals surface area contributed by atoms with E-state index >= 15 is 0 Å². The molecule has 0 radical (unpaired) electrons. The van der Waals surface area contributed by atoms with E-state index in [1.165, 1.54) is 5.56 Å². The Morgan fingerprint density at radius 3 is 2.41 bits per heavy atom. The molecular formula is C14H17N3. The molecule has 3 heteroatoms. The first-order valence-corrected chi connectivity index (χ1v) is 5.80. The third-order valence-electron chi connectivity index (χ3n) is 2.62. The molecule has 1 aromatic carbocycles. The van der Waals surface area contributed by atoms with Gasteiger partial charge >= 0.3 is 0 Å². The fourth-order valence-corrected chi connectivity index (χ4v) is 1.74. The van der Waals surface area contributed by atoms with Crippen molar-refractivity contribution in [2.75, 3.05) is 6.54 Å². The van der Waals surface area contributed by atoms with Crippen molar-refractivity contribution in [1.29, 1.82) is 0 Å². The van der Waals surface area contributed by atoms with Crippen LogP contribution in [0.15, 0.2) is 30.3 Å². The van der Waals surface area contributed by atoms with Crippen LogP contribution in [0.4, 0.5) is 0 Å². The first-order chi connectivity index (χ1) is 8.19. The summed E-state index contributed by atoms with van der Waals surface area (Å²) in [6.45, 7) is 4.64. The number of rotatable bonds is 3. The SMILES string of the molecule is Cc1ccc(-c2cc(C)nc(CCN)n2)cc1. The lowest BCUT2D eigenvalue weighted by molar-refractivity contribution is 0.858. The largest absolute Gasteiger partial charge is 0.330 e. The molecule has 0 spiro atoms. The van der Waals surface area contributed by atoms with Crippen LogP contribution in [0.5, 0.6) is 0 Å². The zero-order valence-corrected chi connectivity index (χ0v) is 10.3. The summed E-state index contributed by atoms with van der Waals surface area (Å²) in [5.41, 5.74) is 9.87. The lowest BCUT2D eigenvalue weighted by Crippen LogP contribution is -2.07. The van der Waals surface area contributed by atoms with E-state index in [9.17, 15) is 0 Å². The van der Waals surface area contributed by atoms with Gasteiger partial charge in [0.2, 0.25) is 0 Å². The highest BCUT2D eigenvalue weighted by Crippen LogP contribution is 2.18. The number of benzene rings is 1. The molecule has 0 saturated carbocycles. The number of aryl methyl sites for hydroxylation is 2. The maximum atomic E-state index is 5.54. The van der Waals surface area contributed by atoms with E-state index in [2.05, 4.69) is 41.2 Å². The molecular weight excluding hydrogens is 210 g/mol. The first kappa shape index (κ1) is 11.7. The number of hydrogen-bond donors (Lipinski definition) is 1. The summed E-state index contributed by atoms with van der Waals surface area (Å²) >= 11 is 0. The molecule has 0 atom stereocenters. The van der Waals surface area contributed by atoms with Crippen LogP contribution < -0.4 is 5.73 Å². The monoisotopic (exact) mass is 227 g/mol. The Kier molecular flexibility index (Phi) is 3.49. The summed E-state index contributed by atoms with van der Waals surface area (Å²) in [6.07, 6.45) is 0.723. The van der Waals surface area contributed by atoms with Gasteiger partial charge < -0.3 is 5.73 Å². The van der Waals surface area contributed by atoms with Crippen molar-refractivity contribution in [3.05, 3.63) is 47.4 Å². The van der Waals surface area contributed by atoms with Gasteiger partial charge in [0.1, 0.15) is 5.82 Å². The van der Waals surface area contributed by atoms with Crippen LogP contribution in [0.2, 0.25) is 0 Å². The normalized spacial score (nSPS) is 10.5. The van der Waals surface area contributed by atoms with Gasteiger partial charge in [-0.2, -0.15) is 0 Å². The molecule has 0 aliphatic heterocycles. The lowest BCUT2D eigenvalue weighted by atomic mass is 10.1. The molecule has 0 saturated heterocycles. The van der Waals surface area contributed by atoms with Crippen molar-refractivity contribution in [2.45, 2.75) is 20.3 Å². The molecule has 2 N–H and O–H groups in total. The molecule has 3 nitrogen and oxygen atoms in total. The Hall–Kier alpha value is -1.74. The highest BCUT2D eigenvalue weighted by molar-refractivity contribution is 5.59. The fourth-order valence-electron chi connectivity index (χ4n) is 1.74. The van der Waals surface area contributed by atoms with E-state index in [-0.39, 0.29) is 0 Å². The van der Waals surface area contributed by atoms with Gasteiger partial charge in [-0.1, -0.05) is 29.8 Å². The van der Waals surface area contributed by atoms with Crippen LogP contribution in [-0.2, 0) is 6.42 Å². The van der Waals surface area contributed by atoms with E-state index in [4.69, 9.17) is 5.73 Å². The van der Waals surface area contributed by atoms with E-state index in [0.717, 1.165) is 29.2 Å². The minimum atomic E-state index is 0.580. The molecule has 0 unspecified atom stereocenters. The molecule has 0 bridgehead atoms. The van der Waals surface area contributed by atoms with Gasteiger partial charge in [-0.15, -0.1) is 0 Å². The average molecular weight is 227 g/mol. The maximum absolute atomic E-state index is 5.54. The van der Waals surface area contributed by atoms with Crippen molar-refractivity contribution in [2.24, 2.45) is 5.73 Å². The van der Waals surface area contributed by atoms with Gasteiger partial charge in [0.25, 0.3) is 0 Å². The molecule has 17 heavy (non-hydrogen) atoms.